The summed E-state index contributed by atoms with van der Waals surface area (Å²) in [7, 11) is -4.36. The number of hydroxylamine groups is 2. The average Bonchev–Trinajstić information content (AvgIpc) is 2.84. The average molecular weight is 370 g/mol. The van der Waals surface area contributed by atoms with Crippen LogP contribution in [0.1, 0.15) is 24.8 Å². The van der Waals surface area contributed by atoms with Crippen molar-refractivity contribution in [2.24, 2.45) is 0 Å². The third kappa shape index (κ3) is 5.09. The van der Waals surface area contributed by atoms with Gasteiger partial charge >= 0.3 is 5.97 Å². The van der Waals surface area contributed by atoms with E-state index in [1.807, 2.05) is 0 Å². The molecule has 0 bridgehead atoms. The maximum absolute atomic E-state index is 11.7. The highest BCUT2D eigenvalue weighted by molar-refractivity contribution is 7.85. The second-order valence-corrected chi connectivity index (χ2v) is 6.54. The molecule has 0 unspecified atom stereocenters. The number of amides is 3. The SMILES string of the molecule is O=C(CC(=O)ON1C(=O)CCC1=O)NCc1cccc(S(=O)(=O)O)c1. The van der Waals surface area contributed by atoms with Crippen molar-refractivity contribution in [3.8, 4) is 0 Å². The van der Waals surface area contributed by atoms with Crippen molar-refractivity contribution >= 4 is 33.8 Å². The number of carbonyl (C=O) groups is 4. The van der Waals surface area contributed by atoms with E-state index in [-0.39, 0.29) is 24.3 Å². The quantitative estimate of drug-likeness (QED) is 0.389. The van der Waals surface area contributed by atoms with Gasteiger partial charge in [-0.2, -0.15) is 8.42 Å². The zero-order valence-electron chi connectivity index (χ0n) is 12.8. The molecule has 1 aliphatic rings. The number of benzene rings is 1. The molecular formula is C14H14N2O8S. The van der Waals surface area contributed by atoms with Crippen LogP contribution in [0.15, 0.2) is 29.2 Å². The van der Waals surface area contributed by atoms with Crippen LogP contribution in [0, 0.1) is 0 Å². The largest absolute Gasteiger partial charge is 0.352 e. The summed E-state index contributed by atoms with van der Waals surface area (Å²) >= 11 is 0. The third-order valence-electron chi connectivity index (χ3n) is 3.19. The molecule has 0 aromatic heterocycles. The predicted molar refractivity (Wildman–Crippen MR) is 79.9 cm³/mol. The van der Waals surface area contributed by atoms with Gasteiger partial charge in [0.05, 0.1) is 4.90 Å². The number of nitrogens with one attached hydrogen (secondary N) is 1. The zero-order chi connectivity index (χ0) is 18.6. The summed E-state index contributed by atoms with van der Waals surface area (Å²) in [4.78, 5) is 50.0. The maximum atomic E-state index is 11.7. The van der Waals surface area contributed by atoms with Crippen LogP contribution in [-0.2, 0) is 40.7 Å². The first-order valence-corrected chi connectivity index (χ1v) is 8.50. The third-order valence-corrected chi connectivity index (χ3v) is 4.04. The molecule has 3 amide bonds. The Kier molecular flexibility index (Phi) is 5.49. The number of hydrogen-bond donors (Lipinski definition) is 2. The standard InChI is InChI=1S/C14H14N2O8S/c17-11(7-14(20)24-16-12(18)4-5-13(16)19)15-8-9-2-1-3-10(6-9)25(21,22)23/h1-3,6H,4-5,7-8H2,(H,15,17)(H,21,22,23). The highest BCUT2D eigenvalue weighted by Gasteiger charge is 2.33. The molecule has 0 aliphatic carbocycles. The molecule has 10 nitrogen and oxygen atoms in total. The lowest BCUT2D eigenvalue weighted by Gasteiger charge is -2.12. The Morgan fingerprint density at radius 1 is 1.20 bits per heavy atom. The van der Waals surface area contributed by atoms with Gasteiger partial charge in [-0.3, -0.25) is 18.9 Å². The number of rotatable bonds is 6. The molecule has 0 radical (unpaired) electrons. The minimum absolute atomic E-state index is 0.0532. The van der Waals surface area contributed by atoms with E-state index < -0.39 is 40.2 Å². The van der Waals surface area contributed by atoms with Crippen molar-refractivity contribution in [2.45, 2.75) is 30.7 Å². The number of carbonyl (C=O) groups excluding carboxylic acids is 4. The van der Waals surface area contributed by atoms with Crippen LogP contribution in [0.25, 0.3) is 0 Å². The van der Waals surface area contributed by atoms with Gasteiger partial charge in [0, 0.05) is 19.4 Å². The van der Waals surface area contributed by atoms with E-state index in [9.17, 15) is 27.6 Å². The fourth-order valence-corrected chi connectivity index (χ4v) is 2.55. The van der Waals surface area contributed by atoms with E-state index in [0.29, 0.717) is 10.6 Å². The van der Waals surface area contributed by atoms with Crippen molar-refractivity contribution < 1.29 is 37.0 Å². The Morgan fingerprint density at radius 2 is 1.84 bits per heavy atom. The van der Waals surface area contributed by atoms with Crippen molar-refractivity contribution in [2.75, 3.05) is 0 Å². The van der Waals surface area contributed by atoms with Gasteiger partial charge in [-0.15, -0.1) is 5.06 Å². The van der Waals surface area contributed by atoms with Crippen LogP contribution in [0.3, 0.4) is 0 Å². The van der Waals surface area contributed by atoms with E-state index in [4.69, 9.17) is 4.55 Å². The van der Waals surface area contributed by atoms with E-state index in [0.717, 1.165) is 6.07 Å². The number of nitrogens with zero attached hydrogens (tertiary/aromatic N) is 1. The molecule has 1 aromatic carbocycles. The second kappa shape index (κ2) is 7.40. The van der Waals surface area contributed by atoms with Gasteiger partial charge in [0.2, 0.25) is 5.91 Å². The first kappa shape index (κ1) is 18.5. The Bertz CT molecular complexity index is 817. The van der Waals surface area contributed by atoms with Crippen LogP contribution >= 0.6 is 0 Å². The van der Waals surface area contributed by atoms with Crippen molar-refractivity contribution in [3.05, 3.63) is 29.8 Å². The lowest BCUT2D eigenvalue weighted by molar-refractivity contribution is -0.197. The molecule has 1 heterocycles. The molecule has 2 rings (SSSR count). The first-order chi connectivity index (χ1) is 11.7. The van der Waals surface area contributed by atoms with Crippen molar-refractivity contribution in [1.29, 1.82) is 0 Å². The molecule has 134 valence electrons. The summed E-state index contributed by atoms with van der Waals surface area (Å²) in [6.45, 7) is -0.100. The van der Waals surface area contributed by atoms with Crippen molar-refractivity contribution in [3.63, 3.8) is 0 Å². The summed E-state index contributed by atoms with van der Waals surface area (Å²) in [6, 6.07) is 5.23. The number of imide groups is 1. The molecule has 0 saturated carbocycles. The minimum Gasteiger partial charge on any atom is -0.352 e. The summed E-state index contributed by atoms with van der Waals surface area (Å²) in [5, 5.41) is 2.69. The second-order valence-electron chi connectivity index (χ2n) is 5.12. The minimum atomic E-state index is -4.36. The Hall–Kier alpha value is -2.79. The summed E-state index contributed by atoms with van der Waals surface area (Å²) < 4.78 is 31.0. The van der Waals surface area contributed by atoms with Gasteiger partial charge < -0.3 is 10.2 Å². The van der Waals surface area contributed by atoms with E-state index >= 15 is 0 Å². The zero-order valence-corrected chi connectivity index (χ0v) is 13.6. The lowest BCUT2D eigenvalue weighted by Crippen LogP contribution is -2.34. The Balaban J connectivity index is 1.85. The van der Waals surface area contributed by atoms with Crippen LogP contribution in [0.4, 0.5) is 0 Å². The van der Waals surface area contributed by atoms with Gasteiger partial charge in [-0.1, -0.05) is 12.1 Å². The molecule has 0 atom stereocenters. The molecule has 0 spiro atoms. The Labute approximate surface area is 142 Å². The normalized spacial score (nSPS) is 14.5. The van der Waals surface area contributed by atoms with Crippen LogP contribution in [0.2, 0.25) is 0 Å². The molecular weight excluding hydrogens is 356 g/mol. The topological polar surface area (TPSA) is 147 Å². The highest BCUT2D eigenvalue weighted by Crippen LogP contribution is 2.13. The summed E-state index contributed by atoms with van der Waals surface area (Å²) in [6.07, 6.45) is -0.833. The highest BCUT2D eigenvalue weighted by atomic mass is 32.2. The fourth-order valence-electron chi connectivity index (χ4n) is 2.00. The maximum Gasteiger partial charge on any atom is 0.342 e. The summed E-state index contributed by atoms with van der Waals surface area (Å²) in [5.41, 5.74) is 0.377. The smallest absolute Gasteiger partial charge is 0.342 e. The van der Waals surface area contributed by atoms with Gasteiger partial charge in [0.15, 0.2) is 0 Å². The van der Waals surface area contributed by atoms with Gasteiger partial charge in [-0.25, -0.2) is 4.79 Å². The van der Waals surface area contributed by atoms with Gasteiger partial charge in [0.1, 0.15) is 6.42 Å². The Morgan fingerprint density at radius 3 is 2.44 bits per heavy atom. The molecule has 25 heavy (non-hydrogen) atoms. The molecule has 2 N–H and O–H groups in total. The van der Waals surface area contributed by atoms with E-state index in [1.165, 1.54) is 18.2 Å². The van der Waals surface area contributed by atoms with Crippen LogP contribution in [0.5, 0.6) is 0 Å². The molecule has 1 saturated heterocycles. The van der Waals surface area contributed by atoms with E-state index in [1.54, 1.807) is 0 Å². The number of hydrogen-bond acceptors (Lipinski definition) is 7. The fraction of sp³-hybridized carbons (Fsp3) is 0.286. The molecule has 11 heteroatoms. The molecule has 1 aromatic rings. The lowest BCUT2D eigenvalue weighted by atomic mass is 10.2. The van der Waals surface area contributed by atoms with Crippen LogP contribution in [-0.4, -0.2) is 41.7 Å². The predicted octanol–water partition coefficient (Wildman–Crippen LogP) is -0.453. The van der Waals surface area contributed by atoms with Crippen LogP contribution < -0.4 is 5.32 Å². The first-order valence-electron chi connectivity index (χ1n) is 7.06. The van der Waals surface area contributed by atoms with Gasteiger partial charge in [0.25, 0.3) is 21.9 Å². The van der Waals surface area contributed by atoms with Gasteiger partial charge in [-0.05, 0) is 17.7 Å². The monoisotopic (exact) mass is 370 g/mol. The molecule has 1 aliphatic heterocycles. The summed E-state index contributed by atoms with van der Waals surface area (Å²) in [5.74, 6) is -3.13. The van der Waals surface area contributed by atoms with Crippen molar-refractivity contribution in [1.82, 2.24) is 10.4 Å². The molecule has 1 fully saturated rings. The van der Waals surface area contributed by atoms with E-state index in [2.05, 4.69) is 10.2 Å².